The Kier molecular flexibility index (Phi) is 3.66. The summed E-state index contributed by atoms with van der Waals surface area (Å²) in [5, 5.41) is 4.54. The van der Waals surface area contributed by atoms with Crippen LogP contribution in [-0.2, 0) is 16.4 Å². The molecule has 0 bridgehead atoms. The van der Waals surface area contributed by atoms with Crippen molar-refractivity contribution in [3.63, 3.8) is 0 Å². The predicted molar refractivity (Wildman–Crippen MR) is 107 cm³/mol. The van der Waals surface area contributed by atoms with Gasteiger partial charge in [-0.2, -0.15) is 0 Å². The van der Waals surface area contributed by atoms with E-state index in [2.05, 4.69) is 5.16 Å². The minimum atomic E-state index is -4.74. The topological polar surface area (TPSA) is 108 Å². The third kappa shape index (κ3) is 3.70. The Labute approximate surface area is 182 Å². The van der Waals surface area contributed by atoms with Gasteiger partial charge >= 0.3 is 0 Å². The molecule has 0 amide bonds. The number of halogens is 1. The number of hydrogen-bond donors (Lipinski definition) is 1. The fraction of sp³-hybridized carbons (Fsp3) is 0.222. The van der Waals surface area contributed by atoms with Gasteiger partial charge in [0.1, 0.15) is 15.6 Å². The average molecular weight is 460 g/mol. The number of anilines is 1. The molecule has 0 radical (unpaired) electrons. The number of hydrogen-bond acceptors (Lipinski definition) is 8. The second-order valence-electron chi connectivity index (χ2n) is 5.84. The van der Waals surface area contributed by atoms with E-state index in [1.165, 1.54) is 19.2 Å². The zero-order chi connectivity index (χ0) is 25.2. The Balaban J connectivity index is 1.80. The van der Waals surface area contributed by atoms with E-state index in [4.69, 9.17) is 32.5 Å². The fourth-order valence-corrected chi connectivity index (χ4v) is 4.83. The fourth-order valence-electron chi connectivity index (χ4n) is 2.43. The van der Waals surface area contributed by atoms with Crippen LogP contribution in [0.3, 0.4) is 0 Å². The normalized spacial score (nSPS) is 15.9. The van der Waals surface area contributed by atoms with Crippen LogP contribution in [0.2, 0.25) is 6.43 Å². The maximum Gasteiger partial charge on any atom is 0.265 e. The minimum absolute atomic E-state index is 0.0281. The summed E-state index contributed by atoms with van der Waals surface area (Å²) in [4.78, 5) is 12.2. The van der Waals surface area contributed by atoms with Crippen molar-refractivity contribution in [2.75, 3.05) is 11.5 Å². The van der Waals surface area contributed by atoms with Gasteiger partial charge in [-0.15, -0.1) is 11.3 Å². The van der Waals surface area contributed by atoms with Crippen LogP contribution in [-0.4, -0.2) is 26.2 Å². The Morgan fingerprint density at radius 3 is 2.83 bits per heavy atom. The maximum atomic E-state index is 13.4. The first-order valence-electron chi connectivity index (χ1n) is 10.4. The molecule has 0 fully saturated rings. The van der Waals surface area contributed by atoms with Crippen LogP contribution in [0.15, 0.2) is 32.9 Å². The third-order valence-electron chi connectivity index (χ3n) is 3.86. The maximum absolute atomic E-state index is 13.4. The van der Waals surface area contributed by atoms with Crippen molar-refractivity contribution in [2.24, 2.45) is 0 Å². The smallest absolute Gasteiger partial charge is 0.265 e. The summed E-state index contributed by atoms with van der Waals surface area (Å²) in [5.41, 5.74) is -0.325. The summed E-state index contributed by atoms with van der Waals surface area (Å²) in [6, 6.07) is 0.319. The van der Waals surface area contributed by atoms with Gasteiger partial charge in [-0.3, -0.25) is 4.79 Å². The molecule has 3 heterocycles. The van der Waals surface area contributed by atoms with Gasteiger partial charge in [-0.25, -0.2) is 13.1 Å². The van der Waals surface area contributed by atoms with Gasteiger partial charge in [0.2, 0.25) is 6.79 Å². The monoisotopic (exact) mass is 459 g/mol. The standard InChI is InChI=1S/C18H15ClN2O6S2/c1-9-5-13-14(26-8-25-13)7-11(9)6-12(22)17-15(3-4-28-17)29(23,24)21-18-16(19)10(2)20-27-18/h3-5,7,21H,6,8H2,1-2H3/i5D,6D2,7D/hD. The molecule has 0 saturated heterocycles. The quantitative estimate of drug-likeness (QED) is 0.555. The van der Waals surface area contributed by atoms with Crippen molar-refractivity contribution in [3.8, 4) is 11.5 Å². The Bertz CT molecular complexity index is 1440. The van der Waals surface area contributed by atoms with Crippen molar-refractivity contribution >= 4 is 44.6 Å². The zero-order valence-corrected chi connectivity index (χ0v) is 17.3. The number of carbonyl (C=O) groups excluding carboxylic acids is 1. The Morgan fingerprint density at radius 1 is 1.41 bits per heavy atom. The molecule has 29 heavy (non-hydrogen) atoms. The molecule has 0 atom stereocenters. The molecule has 1 aromatic carbocycles. The summed E-state index contributed by atoms with van der Waals surface area (Å²) in [5.74, 6) is -2.07. The van der Waals surface area contributed by atoms with Crippen LogP contribution in [0.5, 0.6) is 11.5 Å². The molecule has 11 heteroatoms. The number of ketones is 1. The highest BCUT2D eigenvalue weighted by molar-refractivity contribution is 7.93. The van der Waals surface area contributed by atoms with E-state index in [-0.39, 0.29) is 45.3 Å². The van der Waals surface area contributed by atoms with Crippen LogP contribution >= 0.6 is 22.9 Å². The van der Waals surface area contributed by atoms with Crippen LogP contribution < -0.4 is 14.2 Å². The molecular weight excluding hydrogens is 440 g/mol. The number of ether oxygens (including phenoxy) is 2. The van der Waals surface area contributed by atoms with Gasteiger partial charge in [0, 0.05) is 9.11 Å². The molecular formula is C18H15ClN2O6S2. The van der Waals surface area contributed by atoms with E-state index in [9.17, 15) is 13.2 Å². The van der Waals surface area contributed by atoms with E-state index < -0.39 is 49.4 Å². The van der Waals surface area contributed by atoms with E-state index in [1.54, 1.807) is 0 Å². The van der Waals surface area contributed by atoms with E-state index >= 15 is 0 Å². The molecule has 2 aromatic heterocycles. The second-order valence-corrected chi connectivity index (χ2v) is 8.70. The van der Waals surface area contributed by atoms with E-state index in [0.717, 1.165) is 6.07 Å². The summed E-state index contributed by atoms with van der Waals surface area (Å²) in [7, 11) is -4.74. The number of nitrogens with zero attached hydrogens (tertiary/aromatic N) is 1. The number of rotatable bonds is 6. The molecule has 1 aliphatic heterocycles. The molecule has 1 N–H and O–H groups in total. The lowest BCUT2D eigenvalue weighted by molar-refractivity contribution is 0.0994. The first kappa shape index (κ1) is 14.4. The highest BCUT2D eigenvalue weighted by Gasteiger charge is 2.27. The Morgan fingerprint density at radius 2 is 2.14 bits per heavy atom. The van der Waals surface area contributed by atoms with Crippen molar-refractivity contribution in [2.45, 2.75) is 25.1 Å². The highest BCUT2D eigenvalue weighted by Crippen LogP contribution is 2.36. The van der Waals surface area contributed by atoms with E-state index in [0.29, 0.717) is 11.3 Å². The number of thiophene rings is 1. The zero-order valence-electron chi connectivity index (χ0n) is 19.9. The van der Waals surface area contributed by atoms with Crippen LogP contribution in [0.1, 0.15) is 32.0 Å². The SMILES string of the molecule is [2H]c1c(C)c(C([2H])([2H])C(=O)c2sccc2S(=O)(=O)N([2H])c2onc(C)c2Cl)c([2H])c2c1OCO2. The highest BCUT2D eigenvalue weighted by atomic mass is 35.5. The van der Waals surface area contributed by atoms with Gasteiger partial charge in [0.05, 0.1) is 7.62 Å². The number of sulfonamides is 1. The largest absolute Gasteiger partial charge is 0.454 e. The summed E-state index contributed by atoms with van der Waals surface area (Å²) in [6.07, 6.45) is -2.92. The third-order valence-corrected chi connectivity index (χ3v) is 6.64. The second kappa shape index (κ2) is 7.36. The predicted octanol–water partition coefficient (Wildman–Crippen LogP) is 3.96. The number of Topliss-reactive ketones (excluding diaryl/α,β-unsaturated/α-hetero) is 1. The van der Waals surface area contributed by atoms with Crippen molar-refractivity contribution in [3.05, 3.63) is 50.3 Å². The van der Waals surface area contributed by atoms with Gasteiger partial charge < -0.3 is 14.0 Å². The first-order valence-corrected chi connectivity index (χ1v) is 10.7. The first-order chi connectivity index (χ1) is 15.8. The molecule has 4 rings (SSSR count). The van der Waals surface area contributed by atoms with Crippen molar-refractivity contribution in [1.29, 1.82) is 0 Å². The summed E-state index contributed by atoms with van der Waals surface area (Å²) < 4.78 is 83.0. The molecule has 152 valence electrons. The van der Waals surface area contributed by atoms with Gasteiger partial charge in [-0.1, -0.05) is 16.8 Å². The summed E-state index contributed by atoms with van der Waals surface area (Å²) in [6.45, 7) is 2.54. The van der Waals surface area contributed by atoms with Gasteiger partial charge in [0.25, 0.3) is 15.9 Å². The molecule has 0 spiro atoms. The average Bonchev–Trinajstić information content (AvgIpc) is 3.52. The van der Waals surface area contributed by atoms with Crippen molar-refractivity contribution in [1.82, 2.24) is 5.16 Å². The number of carbonyl (C=O) groups is 1. The molecule has 8 nitrogen and oxygen atoms in total. The number of aromatic nitrogens is 1. The van der Waals surface area contributed by atoms with E-state index in [1.807, 2.05) is 0 Å². The number of fused-ring (bicyclic) bond motifs is 1. The Hall–Kier alpha value is -2.56. The van der Waals surface area contributed by atoms with Crippen LogP contribution in [0.4, 0.5) is 5.88 Å². The lowest BCUT2D eigenvalue weighted by Gasteiger charge is -2.09. The summed E-state index contributed by atoms with van der Waals surface area (Å²) >= 11 is 6.60. The molecule has 3 aromatic rings. The lowest BCUT2D eigenvalue weighted by Crippen LogP contribution is -2.16. The van der Waals surface area contributed by atoms with Crippen molar-refractivity contribution < 1.29 is 34.1 Å². The number of benzene rings is 1. The molecule has 1 aliphatic rings. The number of aryl methyl sites for hydroxylation is 1. The van der Waals surface area contributed by atoms with Crippen LogP contribution in [0, 0.1) is 13.8 Å². The van der Waals surface area contributed by atoms with Gasteiger partial charge in [-0.05, 0) is 48.5 Å². The minimum Gasteiger partial charge on any atom is -0.454 e. The number of nitrogens with one attached hydrogen (secondary N) is 1. The lowest BCUT2D eigenvalue weighted by atomic mass is 10.0. The van der Waals surface area contributed by atoms with Crippen LogP contribution in [0.25, 0.3) is 0 Å². The van der Waals surface area contributed by atoms with Gasteiger partial charge in [0.15, 0.2) is 18.7 Å². The molecule has 0 aliphatic carbocycles. The molecule has 0 unspecified atom stereocenters. The molecule has 0 saturated carbocycles.